The number of thioether (sulfide) groups is 1. The zero-order valence-electron chi connectivity index (χ0n) is 19.0. The van der Waals surface area contributed by atoms with Crippen LogP contribution in [0.4, 0.5) is 26.3 Å². The first-order chi connectivity index (χ1) is 18.1. The van der Waals surface area contributed by atoms with Crippen molar-refractivity contribution < 1.29 is 46.1 Å². The second-order valence-corrected chi connectivity index (χ2v) is 9.67. The number of halogens is 6. The lowest BCUT2D eigenvalue weighted by Crippen LogP contribution is -2.27. The molecule has 3 heterocycles. The average Bonchev–Trinajstić information content (AvgIpc) is 3.10. The zero-order chi connectivity index (χ0) is 28.7. The summed E-state index contributed by atoms with van der Waals surface area (Å²) < 4.78 is 79.3. The van der Waals surface area contributed by atoms with E-state index in [-0.39, 0.29) is 32.7 Å². The van der Waals surface area contributed by atoms with Crippen molar-refractivity contribution in [3.05, 3.63) is 81.6 Å². The van der Waals surface area contributed by atoms with Crippen molar-refractivity contribution in [2.45, 2.75) is 18.9 Å². The molecule has 202 valence electrons. The molecule has 1 aliphatic heterocycles. The number of hydrogen-bond acceptors (Lipinski definition) is 7. The third-order valence-electron chi connectivity index (χ3n) is 5.26. The summed E-state index contributed by atoms with van der Waals surface area (Å²) in [5, 5.41) is 18.9. The number of phenols is 1. The van der Waals surface area contributed by atoms with Crippen LogP contribution in [0.25, 0.3) is 17.3 Å². The Morgan fingerprint density at radius 3 is 2.21 bits per heavy atom. The normalized spacial score (nSPS) is 15.3. The van der Waals surface area contributed by atoms with Crippen LogP contribution in [-0.4, -0.2) is 41.3 Å². The van der Waals surface area contributed by atoms with Gasteiger partial charge in [-0.25, -0.2) is 14.8 Å². The fraction of sp³-hybridized carbons (Fsp3) is 0.125. The van der Waals surface area contributed by atoms with E-state index in [1.54, 1.807) is 0 Å². The summed E-state index contributed by atoms with van der Waals surface area (Å²) in [5.41, 5.74) is -4.03. The standard InChI is InChI=1S/C24H13F6N3O4S2/c25-23(26,27)18-7-12(8-19(32-18)24(28,29)30)15-3-1-2-13(31-15)9-17-20(35)33(22(38)39-17)10-11-4-5-14(21(36)37)16(34)6-11/h1-9,34H,10H2,(H,36,37)/b17-9-. The van der Waals surface area contributed by atoms with Crippen LogP contribution in [-0.2, 0) is 23.7 Å². The number of amides is 1. The third-order valence-corrected chi connectivity index (χ3v) is 6.64. The summed E-state index contributed by atoms with van der Waals surface area (Å²) in [6.07, 6.45) is -8.98. The first-order valence-corrected chi connectivity index (χ1v) is 11.8. The van der Waals surface area contributed by atoms with Crippen molar-refractivity contribution in [1.29, 1.82) is 0 Å². The highest BCUT2D eigenvalue weighted by atomic mass is 32.2. The molecule has 1 saturated heterocycles. The average molecular weight is 586 g/mol. The smallest absolute Gasteiger partial charge is 0.433 e. The lowest BCUT2D eigenvalue weighted by atomic mass is 10.1. The minimum Gasteiger partial charge on any atom is -0.507 e. The quantitative estimate of drug-likeness (QED) is 0.214. The van der Waals surface area contributed by atoms with E-state index in [2.05, 4.69) is 9.97 Å². The van der Waals surface area contributed by atoms with E-state index in [0.29, 0.717) is 17.7 Å². The first kappa shape index (κ1) is 28.0. The molecule has 1 amide bonds. The van der Waals surface area contributed by atoms with E-state index in [1.807, 2.05) is 0 Å². The number of thiocarbonyl (C=S) groups is 1. The summed E-state index contributed by atoms with van der Waals surface area (Å²) in [7, 11) is 0. The molecule has 0 spiro atoms. The van der Waals surface area contributed by atoms with Crippen LogP contribution in [0.1, 0.15) is 33.0 Å². The van der Waals surface area contributed by atoms with E-state index < -0.39 is 46.9 Å². The number of hydrogen-bond donors (Lipinski definition) is 2. The summed E-state index contributed by atoms with van der Waals surface area (Å²) in [6, 6.07) is 8.61. The van der Waals surface area contributed by atoms with Crippen LogP contribution < -0.4 is 0 Å². The SMILES string of the molecule is O=C(O)c1ccc(CN2C(=O)/C(=C/c3cccc(-c4cc(C(F)(F)F)nc(C(F)(F)F)c4)n3)SC2=S)cc1O. The molecule has 7 nitrogen and oxygen atoms in total. The van der Waals surface area contributed by atoms with Gasteiger partial charge in [0.15, 0.2) is 0 Å². The second kappa shape index (κ2) is 10.3. The van der Waals surface area contributed by atoms with Crippen LogP contribution in [0.5, 0.6) is 5.75 Å². The topological polar surface area (TPSA) is 104 Å². The van der Waals surface area contributed by atoms with Gasteiger partial charge in [0, 0.05) is 5.56 Å². The van der Waals surface area contributed by atoms with Gasteiger partial charge in [-0.05, 0) is 48.0 Å². The van der Waals surface area contributed by atoms with E-state index in [1.165, 1.54) is 47.4 Å². The highest BCUT2D eigenvalue weighted by molar-refractivity contribution is 8.26. The Labute approximate surface area is 224 Å². The van der Waals surface area contributed by atoms with Crippen molar-refractivity contribution in [3.8, 4) is 17.0 Å². The molecule has 15 heteroatoms. The molecule has 0 saturated carbocycles. The maximum Gasteiger partial charge on any atom is 0.433 e. The Morgan fingerprint density at radius 2 is 1.64 bits per heavy atom. The van der Waals surface area contributed by atoms with Gasteiger partial charge in [0.2, 0.25) is 0 Å². The Kier molecular flexibility index (Phi) is 7.40. The van der Waals surface area contributed by atoms with Crippen molar-refractivity contribution in [1.82, 2.24) is 14.9 Å². The number of aromatic hydroxyl groups is 1. The molecular weight excluding hydrogens is 572 g/mol. The number of pyridine rings is 2. The number of aromatic nitrogens is 2. The van der Waals surface area contributed by atoms with Crippen LogP contribution in [0.3, 0.4) is 0 Å². The summed E-state index contributed by atoms with van der Waals surface area (Å²) >= 11 is 6.13. The molecule has 0 radical (unpaired) electrons. The largest absolute Gasteiger partial charge is 0.507 e. The Morgan fingerprint density at radius 1 is 1.00 bits per heavy atom. The molecule has 0 unspecified atom stereocenters. The molecule has 2 aromatic heterocycles. The second-order valence-electron chi connectivity index (χ2n) is 7.99. The Hall–Kier alpha value is -3.98. The lowest BCUT2D eigenvalue weighted by Gasteiger charge is -2.15. The third kappa shape index (κ3) is 6.20. The molecule has 1 aliphatic rings. The molecule has 4 rings (SSSR count). The van der Waals surface area contributed by atoms with Gasteiger partial charge in [0.05, 0.1) is 22.8 Å². The summed E-state index contributed by atoms with van der Waals surface area (Å²) in [5.74, 6) is -2.40. The van der Waals surface area contributed by atoms with Gasteiger partial charge in [-0.3, -0.25) is 9.69 Å². The fourth-order valence-electron chi connectivity index (χ4n) is 3.47. The number of carboxylic acid groups (broad SMARTS) is 1. The van der Waals surface area contributed by atoms with Gasteiger partial charge >= 0.3 is 18.3 Å². The van der Waals surface area contributed by atoms with Crippen molar-refractivity contribution >= 4 is 46.3 Å². The predicted molar refractivity (Wildman–Crippen MR) is 131 cm³/mol. The van der Waals surface area contributed by atoms with Gasteiger partial charge < -0.3 is 10.2 Å². The van der Waals surface area contributed by atoms with Crippen LogP contribution >= 0.6 is 24.0 Å². The monoisotopic (exact) mass is 585 g/mol. The van der Waals surface area contributed by atoms with E-state index in [9.17, 15) is 41.0 Å². The molecule has 39 heavy (non-hydrogen) atoms. The fourth-order valence-corrected chi connectivity index (χ4v) is 4.71. The summed E-state index contributed by atoms with van der Waals surface area (Å²) in [6.45, 7) is -0.0968. The minimum atomic E-state index is -5.13. The van der Waals surface area contributed by atoms with Gasteiger partial charge in [0.25, 0.3) is 5.91 Å². The highest BCUT2D eigenvalue weighted by Crippen LogP contribution is 2.37. The van der Waals surface area contributed by atoms with Gasteiger partial charge in [-0.1, -0.05) is 36.1 Å². The number of alkyl halides is 6. The molecule has 1 aromatic carbocycles. The molecular formula is C24H13F6N3O4S2. The predicted octanol–water partition coefficient (Wildman–Crippen LogP) is 5.99. The maximum atomic E-state index is 13.2. The van der Waals surface area contributed by atoms with Crippen molar-refractivity contribution in [2.75, 3.05) is 0 Å². The van der Waals surface area contributed by atoms with Gasteiger partial charge in [-0.2, -0.15) is 26.3 Å². The lowest BCUT2D eigenvalue weighted by molar-refractivity contribution is -0.150. The Bertz CT molecular complexity index is 1510. The van der Waals surface area contributed by atoms with E-state index in [4.69, 9.17) is 17.3 Å². The molecule has 3 aromatic rings. The van der Waals surface area contributed by atoms with Crippen molar-refractivity contribution in [3.63, 3.8) is 0 Å². The number of benzene rings is 1. The highest BCUT2D eigenvalue weighted by Gasteiger charge is 2.39. The molecule has 2 N–H and O–H groups in total. The van der Waals surface area contributed by atoms with E-state index >= 15 is 0 Å². The number of carbonyl (C=O) groups excluding carboxylic acids is 1. The molecule has 1 fully saturated rings. The van der Waals surface area contributed by atoms with Crippen LogP contribution in [0, 0.1) is 0 Å². The van der Waals surface area contributed by atoms with Crippen LogP contribution in [0.2, 0.25) is 0 Å². The number of nitrogens with zero attached hydrogens (tertiary/aromatic N) is 3. The van der Waals surface area contributed by atoms with Gasteiger partial charge in [0.1, 0.15) is 27.0 Å². The van der Waals surface area contributed by atoms with E-state index in [0.717, 1.165) is 11.8 Å². The number of carbonyl (C=O) groups is 2. The van der Waals surface area contributed by atoms with Gasteiger partial charge in [-0.15, -0.1) is 0 Å². The molecule has 0 bridgehead atoms. The number of aromatic carboxylic acids is 1. The zero-order valence-corrected chi connectivity index (χ0v) is 20.7. The maximum absolute atomic E-state index is 13.2. The first-order valence-electron chi connectivity index (χ1n) is 10.6. The van der Waals surface area contributed by atoms with Crippen LogP contribution in [0.15, 0.2) is 53.4 Å². The molecule has 0 atom stereocenters. The Balaban J connectivity index is 1.63. The molecule has 0 aliphatic carbocycles. The minimum absolute atomic E-state index is 0.0652. The summed E-state index contributed by atoms with van der Waals surface area (Å²) in [4.78, 5) is 32.1. The van der Waals surface area contributed by atoms with Crippen molar-refractivity contribution in [2.24, 2.45) is 0 Å². The number of rotatable bonds is 5. The number of carboxylic acids is 1.